The lowest BCUT2D eigenvalue weighted by atomic mass is 10.1. The third-order valence-corrected chi connectivity index (χ3v) is 5.04. The number of hydrogen-bond donors (Lipinski definition) is 0. The SMILES string of the molecule is CCOC(=O)C1=CC=C(c2cccs2)SC1C(=O)OCC. The van der Waals surface area contributed by atoms with Crippen molar-refractivity contribution in [3.05, 3.63) is 40.1 Å². The maximum atomic E-state index is 12.1. The van der Waals surface area contributed by atoms with E-state index in [1.807, 2.05) is 23.6 Å². The van der Waals surface area contributed by atoms with Crippen LogP contribution in [0.25, 0.3) is 4.91 Å². The summed E-state index contributed by atoms with van der Waals surface area (Å²) in [4.78, 5) is 26.1. The Kier molecular flexibility index (Phi) is 5.64. The van der Waals surface area contributed by atoms with E-state index in [-0.39, 0.29) is 13.2 Å². The monoisotopic (exact) mass is 324 g/mol. The highest BCUT2D eigenvalue weighted by Crippen LogP contribution is 2.40. The second-order valence-electron chi connectivity index (χ2n) is 4.10. The van der Waals surface area contributed by atoms with Gasteiger partial charge in [0.1, 0.15) is 5.25 Å². The summed E-state index contributed by atoms with van der Waals surface area (Å²) in [7, 11) is 0. The summed E-state index contributed by atoms with van der Waals surface area (Å²) in [6.45, 7) is 4.04. The molecule has 0 fully saturated rings. The molecule has 1 aromatic rings. The third kappa shape index (κ3) is 3.77. The summed E-state index contributed by atoms with van der Waals surface area (Å²) in [5.74, 6) is -0.881. The van der Waals surface area contributed by atoms with Crippen molar-refractivity contribution >= 4 is 39.9 Å². The molecule has 0 radical (unpaired) electrons. The van der Waals surface area contributed by atoms with Gasteiger partial charge in [0.05, 0.1) is 18.8 Å². The van der Waals surface area contributed by atoms with Crippen molar-refractivity contribution in [2.75, 3.05) is 13.2 Å². The van der Waals surface area contributed by atoms with Crippen molar-refractivity contribution in [1.82, 2.24) is 0 Å². The molecule has 0 bridgehead atoms. The molecule has 0 saturated heterocycles. The predicted octanol–water partition coefficient (Wildman–Crippen LogP) is 3.26. The molecular formula is C15H16O4S2. The van der Waals surface area contributed by atoms with Crippen LogP contribution in [0.3, 0.4) is 0 Å². The minimum atomic E-state index is -0.675. The molecule has 1 aliphatic rings. The maximum absolute atomic E-state index is 12.1. The summed E-state index contributed by atoms with van der Waals surface area (Å²) in [5, 5.41) is 1.30. The zero-order chi connectivity index (χ0) is 15.2. The predicted molar refractivity (Wildman–Crippen MR) is 85.0 cm³/mol. The molecule has 0 amide bonds. The van der Waals surface area contributed by atoms with E-state index >= 15 is 0 Å². The molecule has 0 spiro atoms. The van der Waals surface area contributed by atoms with Crippen LogP contribution in [0.15, 0.2) is 35.2 Å². The lowest BCUT2D eigenvalue weighted by molar-refractivity contribution is -0.145. The molecule has 1 aromatic heterocycles. The minimum Gasteiger partial charge on any atom is -0.465 e. The molecule has 0 N–H and O–H groups in total. The van der Waals surface area contributed by atoms with Crippen molar-refractivity contribution in [2.24, 2.45) is 0 Å². The van der Waals surface area contributed by atoms with E-state index in [0.29, 0.717) is 5.57 Å². The van der Waals surface area contributed by atoms with Crippen molar-refractivity contribution in [3.8, 4) is 0 Å². The molecule has 6 heteroatoms. The first kappa shape index (κ1) is 15.9. The molecule has 1 unspecified atom stereocenters. The van der Waals surface area contributed by atoms with E-state index in [1.165, 1.54) is 11.8 Å². The topological polar surface area (TPSA) is 52.6 Å². The van der Waals surface area contributed by atoms with E-state index in [2.05, 4.69) is 0 Å². The lowest BCUT2D eigenvalue weighted by Gasteiger charge is -2.21. The first-order valence-electron chi connectivity index (χ1n) is 6.63. The second kappa shape index (κ2) is 7.47. The maximum Gasteiger partial charge on any atom is 0.335 e. The van der Waals surface area contributed by atoms with E-state index in [9.17, 15) is 9.59 Å². The van der Waals surface area contributed by atoms with Crippen LogP contribution in [-0.2, 0) is 19.1 Å². The van der Waals surface area contributed by atoms with Gasteiger partial charge in [-0.3, -0.25) is 4.79 Å². The largest absolute Gasteiger partial charge is 0.465 e. The summed E-state index contributed by atoms with van der Waals surface area (Å²) in [5.41, 5.74) is 0.334. The molecule has 21 heavy (non-hydrogen) atoms. The van der Waals surface area contributed by atoms with Crippen LogP contribution in [0, 0.1) is 0 Å². The van der Waals surface area contributed by atoms with Gasteiger partial charge in [0.2, 0.25) is 0 Å². The van der Waals surface area contributed by atoms with E-state index in [0.717, 1.165) is 9.78 Å². The summed E-state index contributed by atoms with van der Waals surface area (Å²) >= 11 is 2.92. The number of carbonyl (C=O) groups excluding carboxylic acids is 2. The fourth-order valence-corrected chi connectivity index (χ4v) is 3.81. The quantitative estimate of drug-likeness (QED) is 0.778. The molecule has 4 nitrogen and oxygen atoms in total. The normalized spacial score (nSPS) is 17.7. The highest BCUT2D eigenvalue weighted by atomic mass is 32.2. The van der Waals surface area contributed by atoms with Gasteiger partial charge in [0.25, 0.3) is 0 Å². The molecule has 2 rings (SSSR count). The number of rotatable bonds is 5. The molecule has 112 valence electrons. The van der Waals surface area contributed by atoms with Crippen LogP contribution in [-0.4, -0.2) is 30.4 Å². The molecule has 0 aliphatic carbocycles. The van der Waals surface area contributed by atoms with Crippen LogP contribution < -0.4 is 0 Å². The van der Waals surface area contributed by atoms with Crippen molar-refractivity contribution in [3.63, 3.8) is 0 Å². The Hall–Kier alpha value is -1.53. The average Bonchev–Trinajstić information content (AvgIpc) is 3.01. The fourth-order valence-electron chi connectivity index (χ4n) is 1.82. The van der Waals surface area contributed by atoms with Gasteiger partial charge in [-0.2, -0.15) is 0 Å². The van der Waals surface area contributed by atoms with Crippen molar-refractivity contribution in [2.45, 2.75) is 19.1 Å². The molecule has 2 heterocycles. The molecular weight excluding hydrogens is 308 g/mol. The number of hydrogen-bond acceptors (Lipinski definition) is 6. The Morgan fingerprint density at radius 1 is 1.19 bits per heavy atom. The van der Waals surface area contributed by atoms with Gasteiger partial charge in [0.15, 0.2) is 0 Å². The smallest absolute Gasteiger partial charge is 0.335 e. The summed E-state index contributed by atoms with van der Waals surface area (Å²) in [6.07, 6.45) is 3.50. The molecule has 0 saturated carbocycles. The van der Waals surface area contributed by atoms with Gasteiger partial charge < -0.3 is 9.47 Å². The summed E-state index contributed by atoms with van der Waals surface area (Å²) < 4.78 is 10.1. The zero-order valence-corrected chi connectivity index (χ0v) is 13.5. The number of allylic oxidation sites excluding steroid dienone is 2. The average molecular weight is 324 g/mol. The second-order valence-corrected chi connectivity index (χ2v) is 6.20. The van der Waals surface area contributed by atoms with E-state index in [4.69, 9.17) is 9.47 Å². The van der Waals surface area contributed by atoms with Gasteiger partial charge >= 0.3 is 11.9 Å². The first-order chi connectivity index (χ1) is 10.2. The number of carbonyl (C=O) groups is 2. The molecule has 1 atom stereocenters. The number of ether oxygens (including phenoxy) is 2. The van der Waals surface area contributed by atoms with Gasteiger partial charge in [-0.15, -0.1) is 23.1 Å². The Morgan fingerprint density at radius 2 is 1.95 bits per heavy atom. The van der Waals surface area contributed by atoms with Crippen LogP contribution >= 0.6 is 23.1 Å². The highest BCUT2D eigenvalue weighted by molar-refractivity contribution is 8.09. The van der Waals surface area contributed by atoms with E-state index < -0.39 is 17.2 Å². The Labute approximate surface area is 131 Å². The van der Waals surface area contributed by atoms with Crippen LogP contribution in [0.4, 0.5) is 0 Å². The molecule has 0 aromatic carbocycles. The highest BCUT2D eigenvalue weighted by Gasteiger charge is 2.33. The Balaban J connectivity index is 2.28. The van der Waals surface area contributed by atoms with Crippen LogP contribution in [0.2, 0.25) is 0 Å². The van der Waals surface area contributed by atoms with Crippen molar-refractivity contribution < 1.29 is 19.1 Å². The van der Waals surface area contributed by atoms with Gasteiger partial charge in [0, 0.05) is 9.78 Å². The van der Waals surface area contributed by atoms with Gasteiger partial charge in [-0.25, -0.2) is 4.79 Å². The molecule has 1 aliphatic heterocycles. The van der Waals surface area contributed by atoms with Gasteiger partial charge in [-0.05, 0) is 37.4 Å². The van der Waals surface area contributed by atoms with Crippen molar-refractivity contribution in [1.29, 1.82) is 0 Å². The van der Waals surface area contributed by atoms with Crippen LogP contribution in [0.5, 0.6) is 0 Å². The number of esters is 2. The Morgan fingerprint density at radius 3 is 2.57 bits per heavy atom. The standard InChI is InChI=1S/C15H16O4S2/c1-3-18-14(16)10-7-8-12(11-6-5-9-20-11)21-13(10)15(17)19-4-2/h5-9,13H,3-4H2,1-2H3. The van der Waals surface area contributed by atoms with Crippen LogP contribution in [0.1, 0.15) is 18.7 Å². The number of thioether (sulfide) groups is 1. The van der Waals surface area contributed by atoms with E-state index in [1.54, 1.807) is 31.3 Å². The minimum absolute atomic E-state index is 0.276. The Bertz CT molecular complexity index is 573. The fraction of sp³-hybridized carbons (Fsp3) is 0.333. The third-order valence-electron chi connectivity index (χ3n) is 2.72. The summed E-state index contributed by atoms with van der Waals surface area (Å²) in [6, 6.07) is 3.93. The number of thiophene rings is 1. The lowest BCUT2D eigenvalue weighted by Crippen LogP contribution is -2.28. The zero-order valence-electron chi connectivity index (χ0n) is 11.8. The first-order valence-corrected chi connectivity index (χ1v) is 8.39. The van der Waals surface area contributed by atoms with Gasteiger partial charge in [-0.1, -0.05) is 6.07 Å².